The number of aliphatic hydroxyl groups is 1. The van der Waals surface area contributed by atoms with E-state index in [1.807, 2.05) is 13.0 Å². The van der Waals surface area contributed by atoms with Gasteiger partial charge < -0.3 is 10.4 Å². The molecule has 1 aromatic carbocycles. The standard InChI is InChI=1S/C17H26FNO/c1-12-5-4-8-17(20,10-12)11-19-14(3)15-7-6-13(2)16(18)9-15/h6-7,9,12,14,19-20H,4-5,8,10-11H2,1-3H3. The van der Waals surface area contributed by atoms with Gasteiger partial charge in [0.25, 0.3) is 0 Å². The minimum atomic E-state index is -0.602. The first-order valence-electron chi connectivity index (χ1n) is 7.61. The van der Waals surface area contributed by atoms with Gasteiger partial charge in [0.2, 0.25) is 0 Å². The summed E-state index contributed by atoms with van der Waals surface area (Å²) >= 11 is 0. The van der Waals surface area contributed by atoms with Crippen LogP contribution in [0.25, 0.3) is 0 Å². The second kappa shape index (κ2) is 6.23. The molecule has 2 N–H and O–H groups in total. The molecule has 0 radical (unpaired) electrons. The normalized spacial score (nSPS) is 28.4. The van der Waals surface area contributed by atoms with E-state index in [0.717, 1.165) is 24.8 Å². The smallest absolute Gasteiger partial charge is 0.126 e. The fourth-order valence-electron chi connectivity index (χ4n) is 3.13. The van der Waals surface area contributed by atoms with Crippen LogP contribution in [0.15, 0.2) is 18.2 Å². The SMILES string of the molecule is Cc1ccc(C(C)NCC2(O)CCCC(C)C2)cc1F. The molecule has 0 amide bonds. The number of rotatable bonds is 4. The third-order valence-corrected chi connectivity index (χ3v) is 4.50. The van der Waals surface area contributed by atoms with Crippen molar-refractivity contribution in [2.45, 2.75) is 58.1 Å². The molecule has 0 saturated heterocycles. The topological polar surface area (TPSA) is 32.3 Å². The van der Waals surface area contributed by atoms with Crippen molar-refractivity contribution in [1.82, 2.24) is 5.32 Å². The molecule has 3 unspecified atom stereocenters. The van der Waals surface area contributed by atoms with Crippen molar-refractivity contribution < 1.29 is 9.50 Å². The van der Waals surface area contributed by atoms with Gasteiger partial charge >= 0.3 is 0 Å². The van der Waals surface area contributed by atoms with Gasteiger partial charge in [-0.2, -0.15) is 0 Å². The lowest BCUT2D eigenvalue weighted by molar-refractivity contribution is -0.0134. The highest BCUT2D eigenvalue weighted by atomic mass is 19.1. The van der Waals surface area contributed by atoms with E-state index in [9.17, 15) is 9.50 Å². The summed E-state index contributed by atoms with van der Waals surface area (Å²) in [5.74, 6) is 0.420. The lowest BCUT2D eigenvalue weighted by Gasteiger charge is -2.36. The van der Waals surface area contributed by atoms with Crippen molar-refractivity contribution in [3.63, 3.8) is 0 Å². The Kier molecular flexibility index (Phi) is 4.82. The molecule has 0 spiro atoms. The lowest BCUT2D eigenvalue weighted by Crippen LogP contribution is -2.44. The molecular formula is C17H26FNO. The van der Waals surface area contributed by atoms with Crippen LogP contribution in [0.4, 0.5) is 4.39 Å². The molecule has 1 aliphatic carbocycles. The van der Waals surface area contributed by atoms with Crippen LogP contribution >= 0.6 is 0 Å². The molecule has 0 aliphatic heterocycles. The monoisotopic (exact) mass is 279 g/mol. The predicted octanol–water partition coefficient (Wildman–Crippen LogP) is 3.73. The molecule has 0 aromatic heterocycles. The average Bonchev–Trinajstić information content (AvgIpc) is 2.39. The first-order valence-corrected chi connectivity index (χ1v) is 7.61. The molecule has 3 heteroatoms. The number of hydrogen-bond acceptors (Lipinski definition) is 2. The maximum Gasteiger partial charge on any atom is 0.126 e. The Morgan fingerprint density at radius 3 is 2.90 bits per heavy atom. The van der Waals surface area contributed by atoms with Crippen LogP contribution in [0.2, 0.25) is 0 Å². The zero-order valence-corrected chi connectivity index (χ0v) is 12.7. The Hall–Kier alpha value is -0.930. The quantitative estimate of drug-likeness (QED) is 0.880. The molecule has 3 atom stereocenters. The summed E-state index contributed by atoms with van der Waals surface area (Å²) in [4.78, 5) is 0. The minimum absolute atomic E-state index is 0.0476. The summed E-state index contributed by atoms with van der Waals surface area (Å²) in [7, 11) is 0. The fourth-order valence-corrected chi connectivity index (χ4v) is 3.13. The van der Waals surface area contributed by atoms with Crippen LogP contribution < -0.4 is 5.32 Å². The molecule has 1 saturated carbocycles. The summed E-state index contributed by atoms with van der Waals surface area (Å²) in [6, 6.07) is 5.39. The largest absolute Gasteiger partial charge is 0.389 e. The molecular weight excluding hydrogens is 253 g/mol. The summed E-state index contributed by atoms with van der Waals surface area (Å²) in [6.07, 6.45) is 4.02. The van der Waals surface area contributed by atoms with Crippen LogP contribution in [0.3, 0.4) is 0 Å². The Labute approximate surface area is 121 Å². The first kappa shape index (κ1) is 15.5. The highest BCUT2D eigenvalue weighted by Gasteiger charge is 2.32. The summed E-state index contributed by atoms with van der Waals surface area (Å²) in [5, 5.41) is 14.0. The van der Waals surface area contributed by atoms with Gasteiger partial charge in [-0.1, -0.05) is 31.9 Å². The summed E-state index contributed by atoms with van der Waals surface area (Å²) < 4.78 is 13.6. The zero-order valence-electron chi connectivity index (χ0n) is 12.7. The van der Waals surface area contributed by atoms with E-state index in [4.69, 9.17) is 0 Å². The molecule has 1 aliphatic rings. The molecule has 1 fully saturated rings. The van der Waals surface area contributed by atoms with Gasteiger partial charge in [0.05, 0.1) is 5.60 Å². The van der Waals surface area contributed by atoms with E-state index in [1.165, 1.54) is 6.42 Å². The maximum atomic E-state index is 13.6. The van der Waals surface area contributed by atoms with Gasteiger partial charge in [0.15, 0.2) is 0 Å². The highest BCUT2D eigenvalue weighted by Crippen LogP contribution is 2.32. The summed E-state index contributed by atoms with van der Waals surface area (Å²) in [5.41, 5.74) is 0.996. The Bertz CT molecular complexity index is 462. The Morgan fingerprint density at radius 2 is 2.25 bits per heavy atom. The first-order chi connectivity index (χ1) is 9.39. The van der Waals surface area contributed by atoms with Gasteiger partial charge in [-0.15, -0.1) is 0 Å². The van der Waals surface area contributed by atoms with E-state index in [2.05, 4.69) is 12.2 Å². The van der Waals surface area contributed by atoms with Gasteiger partial charge in [-0.05, 0) is 49.8 Å². The predicted molar refractivity (Wildman–Crippen MR) is 80.1 cm³/mol. The van der Waals surface area contributed by atoms with Gasteiger partial charge in [0.1, 0.15) is 5.82 Å². The molecule has 2 rings (SSSR count). The maximum absolute atomic E-state index is 13.6. The van der Waals surface area contributed by atoms with E-state index < -0.39 is 5.60 Å². The van der Waals surface area contributed by atoms with Crippen molar-refractivity contribution in [2.24, 2.45) is 5.92 Å². The molecule has 20 heavy (non-hydrogen) atoms. The second-order valence-electron chi connectivity index (χ2n) is 6.54. The van der Waals surface area contributed by atoms with Crippen molar-refractivity contribution in [3.05, 3.63) is 35.1 Å². The lowest BCUT2D eigenvalue weighted by atomic mass is 9.79. The molecule has 0 bridgehead atoms. The van der Waals surface area contributed by atoms with Crippen LogP contribution in [0, 0.1) is 18.7 Å². The molecule has 2 nitrogen and oxygen atoms in total. The fraction of sp³-hybridized carbons (Fsp3) is 0.647. The Morgan fingerprint density at radius 1 is 1.50 bits per heavy atom. The van der Waals surface area contributed by atoms with Crippen molar-refractivity contribution in [1.29, 1.82) is 0 Å². The number of hydrogen-bond donors (Lipinski definition) is 2. The van der Waals surface area contributed by atoms with Crippen LogP contribution in [-0.2, 0) is 0 Å². The van der Waals surface area contributed by atoms with Crippen molar-refractivity contribution in [2.75, 3.05) is 6.54 Å². The van der Waals surface area contributed by atoms with Gasteiger partial charge in [0, 0.05) is 12.6 Å². The molecule has 112 valence electrons. The molecule has 1 aromatic rings. The van der Waals surface area contributed by atoms with Crippen molar-refractivity contribution >= 4 is 0 Å². The van der Waals surface area contributed by atoms with Gasteiger partial charge in [-0.3, -0.25) is 0 Å². The summed E-state index contributed by atoms with van der Waals surface area (Å²) in [6.45, 7) is 6.56. The van der Waals surface area contributed by atoms with E-state index in [1.54, 1.807) is 19.1 Å². The number of aryl methyl sites for hydroxylation is 1. The van der Waals surface area contributed by atoms with Crippen molar-refractivity contribution in [3.8, 4) is 0 Å². The van der Waals surface area contributed by atoms with Crippen LogP contribution in [0.5, 0.6) is 0 Å². The van der Waals surface area contributed by atoms with Crippen LogP contribution in [-0.4, -0.2) is 17.3 Å². The van der Waals surface area contributed by atoms with Crippen LogP contribution in [0.1, 0.15) is 56.7 Å². The molecule has 0 heterocycles. The third-order valence-electron chi connectivity index (χ3n) is 4.50. The number of halogens is 1. The number of benzene rings is 1. The van der Waals surface area contributed by atoms with E-state index in [0.29, 0.717) is 18.0 Å². The van der Waals surface area contributed by atoms with Gasteiger partial charge in [-0.25, -0.2) is 4.39 Å². The number of nitrogens with one attached hydrogen (secondary N) is 1. The van der Waals surface area contributed by atoms with E-state index in [-0.39, 0.29) is 11.9 Å². The second-order valence-corrected chi connectivity index (χ2v) is 6.54. The zero-order chi connectivity index (χ0) is 14.8. The third kappa shape index (κ3) is 3.80. The van der Waals surface area contributed by atoms with E-state index >= 15 is 0 Å². The minimum Gasteiger partial charge on any atom is -0.389 e. The Balaban J connectivity index is 1.94. The average molecular weight is 279 g/mol. The highest BCUT2D eigenvalue weighted by molar-refractivity contribution is 5.25.